The minimum Gasteiger partial charge on any atom is -0.315 e. The second-order valence-corrected chi connectivity index (χ2v) is 3.74. The predicted octanol–water partition coefficient (Wildman–Crippen LogP) is 1.42. The largest absolute Gasteiger partial charge is 0.315 e. The fourth-order valence-electron chi connectivity index (χ4n) is 1.57. The van der Waals surface area contributed by atoms with Crippen molar-refractivity contribution < 1.29 is 0 Å². The molecule has 1 saturated heterocycles. The molecule has 1 atom stereocenters. The van der Waals surface area contributed by atoms with Crippen LogP contribution in [0.25, 0.3) is 0 Å². The zero-order valence-corrected chi connectivity index (χ0v) is 8.56. The van der Waals surface area contributed by atoms with E-state index in [-0.39, 0.29) is 0 Å². The summed E-state index contributed by atoms with van der Waals surface area (Å²) in [5.74, 6) is 0. The van der Waals surface area contributed by atoms with Gasteiger partial charge in [0.05, 0.1) is 0 Å². The molecule has 0 amide bonds. The average molecular weight is 189 g/mol. The number of hydrogen-bond donors (Lipinski definition) is 1. The number of hydrogen-bond acceptors (Lipinski definition) is 2. The van der Waals surface area contributed by atoms with Gasteiger partial charge in [-0.3, -0.25) is 4.90 Å². The van der Waals surface area contributed by atoms with Crippen LogP contribution >= 0.6 is 11.6 Å². The molecule has 1 fully saturated rings. The van der Waals surface area contributed by atoms with Gasteiger partial charge in [-0.05, 0) is 32.5 Å². The molecule has 1 heterocycles. The topological polar surface area (TPSA) is 15.3 Å². The zero-order valence-electron chi connectivity index (χ0n) is 7.81. The molecule has 0 spiro atoms. The van der Waals surface area contributed by atoms with Gasteiger partial charge in [-0.15, -0.1) is 0 Å². The number of rotatable bonds is 3. The highest BCUT2D eigenvalue weighted by Crippen LogP contribution is 2.08. The number of halogens is 1. The Labute approximate surface area is 79.6 Å². The van der Waals surface area contributed by atoms with Crippen LogP contribution < -0.4 is 5.32 Å². The fraction of sp³-hybridized carbons (Fsp3) is 0.778. The molecule has 0 bridgehead atoms. The van der Waals surface area contributed by atoms with Gasteiger partial charge >= 0.3 is 0 Å². The maximum absolute atomic E-state index is 5.60. The highest BCUT2D eigenvalue weighted by Gasteiger charge is 2.18. The molecule has 1 aliphatic rings. The first kappa shape index (κ1) is 10.0. The molecule has 1 rings (SSSR count). The molecular formula is C9H17ClN2. The van der Waals surface area contributed by atoms with Crippen LogP contribution in [0.4, 0.5) is 0 Å². The number of nitrogens with zero attached hydrogens (tertiary/aromatic N) is 1. The van der Waals surface area contributed by atoms with Crippen LogP contribution in [0.5, 0.6) is 0 Å². The van der Waals surface area contributed by atoms with E-state index in [2.05, 4.69) is 24.2 Å². The molecule has 1 N–H and O–H groups in total. The van der Waals surface area contributed by atoms with Crippen molar-refractivity contribution in [3.8, 4) is 0 Å². The van der Waals surface area contributed by atoms with Gasteiger partial charge < -0.3 is 5.32 Å². The van der Waals surface area contributed by atoms with E-state index in [1.807, 2.05) is 0 Å². The second-order valence-electron chi connectivity index (χ2n) is 3.52. The molecule has 70 valence electrons. The lowest BCUT2D eigenvalue weighted by atomic mass is 10.2. The highest BCUT2D eigenvalue weighted by molar-refractivity contribution is 6.25. The van der Waals surface area contributed by atoms with E-state index in [1.54, 1.807) is 5.54 Å². The van der Waals surface area contributed by atoms with Crippen LogP contribution in [0.2, 0.25) is 0 Å². The first-order valence-corrected chi connectivity index (χ1v) is 4.84. The van der Waals surface area contributed by atoms with E-state index in [4.69, 9.17) is 11.6 Å². The summed E-state index contributed by atoms with van der Waals surface area (Å²) in [5, 5.41) is 3.35. The minimum atomic E-state index is 0.691. The summed E-state index contributed by atoms with van der Waals surface area (Å²) >= 11 is 5.60. The van der Waals surface area contributed by atoms with Crippen molar-refractivity contribution in [2.24, 2.45) is 0 Å². The Balaban J connectivity index is 2.31. The Bertz CT molecular complexity index is 162. The van der Waals surface area contributed by atoms with Gasteiger partial charge in [-0.2, -0.15) is 0 Å². The second kappa shape index (κ2) is 4.85. The molecule has 0 radical (unpaired) electrons. The fourth-order valence-corrected chi connectivity index (χ4v) is 1.64. The third-order valence-electron chi connectivity index (χ3n) is 2.34. The van der Waals surface area contributed by atoms with Crippen LogP contribution in [0, 0.1) is 0 Å². The molecule has 1 unspecified atom stereocenters. The standard InChI is InChI=1S/C9H17ClN2/c1-8(5-10)7-12(2)9-3-4-11-6-9/h5,9,11H,3-4,6-7H2,1-2H3/b8-5+. The molecule has 0 aromatic rings. The van der Waals surface area contributed by atoms with Gasteiger partial charge in [0.2, 0.25) is 0 Å². The molecule has 0 aliphatic carbocycles. The Kier molecular flexibility index (Phi) is 4.06. The van der Waals surface area contributed by atoms with E-state index >= 15 is 0 Å². The minimum absolute atomic E-state index is 0.691. The smallest absolute Gasteiger partial charge is 0.0233 e. The van der Waals surface area contributed by atoms with E-state index in [0.29, 0.717) is 6.04 Å². The lowest BCUT2D eigenvalue weighted by molar-refractivity contribution is 0.278. The summed E-state index contributed by atoms with van der Waals surface area (Å²) in [7, 11) is 2.15. The monoisotopic (exact) mass is 188 g/mol. The summed E-state index contributed by atoms with van der Waals surface area (Å²) < 4.78 is 0. The lowest BCUT2D eigenvalue weighted by Crippen LogP contribution is -2.34. The van der Waals surface area contributed by atoms with Gasteiger partial charge in [0.1, 0.15) is 0 Å². The molecule has 3 heteroatoms. The molecule has 1 aliphatic heterocycles. The van der Waals surface area contributed by atoms with Crippen LogP contribution in [-0.2, 0) is 0 Å². The average Bonchev–Trinajstić information content (AvgIpc) is 2.56. The summed E-state index contributed by atoms with van der Waals surface area (Å²) in [6.45, 7) is 5.31. The van der Waals surface area contributed by atoms with Gasteiger partial charge in [0, 0.05) is 24.7 Å². The van der Waals surface area contributed by atoms with Gasteiger partial charge in [-0.25, -0.2) is 0 Å². The molecule has 0 aromatic carbocycles. The third kappa shape index (κ3) is 2.77. The van der Waals surface area contributed by atoms with Gasteiger partial charge in [0.15, 0.2) is 0 Å². The van der Waals surface area contributed by atoms with Crippen LogP contribution in [-0.4, -0.2) is 37.6 Å². The normalized spacial score (nSPS) is 25.3. The van der Waals surface area contributed by atoms with Crippen molar-refractivity contribution in [1.82, 2.24) is 10.2 Å². The summed E-state index contributed by atoms with van der Waals surface area (Å²) in [6, 6.07) is 0.691. The molecule has 0 saturated carbocycles. The number of nitrogens with one attached hydrogen (secondary N) is 1. The van der Waals surface area contributed by atoms with E-state index in [1.165, 1.54) is 12.0 Å². The van der Waals surface area contributed by atoms with Crippen LogP contribution in [0.1, 0.15) is 13.3 Å². The van der Waals surface area contributed by atoms with Crippen LogP contribution in [0.3, 0.4) is 0 Å². The number of likely N-dealkylation sites (N-methyl/N-ethyl adjacent to an activating group) is 1. The quantitative estimate of drug-likeness (QED) is 0.721. The van der Waals surface area contributed by atoms with Crippen LogP contribution in [0.15, 0.2) is 11.1 Å². The van der Waals surface area contributed by atoms with E-state index in [9.17, 15) is 0 Å². The zero-order chi connectivity index (χ0) is 8.97. The Morgan fingerprint density at radius 1 is 1.75 bits per heavy atom. The first-order valence-electron chi connectivity index (χ1n) is 4.41. The van der Waals surface area contributed by atoms with Gasteiger partial charge in [-0.1, -0.05) is 11.6 Å². The lowest BCUT2D eigenvalue weighted by Gasteiger charge is -2.23. The SMILES string of the molecule is C/C(=C\Cl)CN(C)C1CCNC1. The maximum Gasteiger partial charge on any atom is 0.0233 e. The van der Waals surface area contributed by atoms with Gasteiger partial charge in [0.25, 0.3) is 0 Å². The maximum atomic E-state index is 5.60. The third-order valence-corrected chi connectivity index (χ3v) is 2.72. The summed E-state index contributed by atoms with van der Waals surface area (Å²) in [5.41, 5.74) is 2.89. The van der Waals surface area contributed by atoms with Crippen molar-refractivity contribution in [3.05, 3.63) is 11.1 Å². The first-order chi connectivity index (χ1) is 5.74. The highest BCUT2D eigenvalue weighted by atomic mass is 35.5. The predicted molar refractivity (Wildman–Crippen MR) is 53.5 cm³/mol. The van der Waals surface area contributed by atoms with Crippen molar-refractivity contribution in [2.75, 3.05) is 26.7 Å². The Hall–Kier alpha value is -0.0500. The van der Waals surface area contributed by atoms with Crippen molar-refractivity contribution in [2.45, 2.75) is 19.4 Å². The summed E-state index contributed by atoms with van der Waals surface area (Å²) in [6.07, 6.45) is 1.26. The Morgan fingerprint density at radius 2 is 2.50 bits per heavy atom. The van der Waals surface area contributed by atoms with Crippen molar-refractivity contribution in [1.29, 1.82) is 0 Å². The van der Waals surface area contributed by atoms with Crippen molar-refractivity contribution in [3.63, 3.8) is 0 Å². The molecule has 2 nitrogen and oxygen atoms in total. The van der Waals surface area contributed by atoms with Crippen molar-refractivity contribution >= 4 is 11.6 Å². The van der Waals surface area contributed by atoms with E-state index in [0.717, 1.165) is 19.6 Å². The molecule has 12 heavy (non-hydrogen) atoms. The van der Waals surface area contributed by atoms with E-state index < -0.39 is 0 Å². The Morgan fingerprint density at radius 3 is 3.00 bits per heavy atom. The molecule has 0 aromatic heterocycles. The summed E-state index contributed by atoms with van der Waals surface area (Å²) in [4.78, 5) is 2.36. The molecular weight excluding hydrogens is 172 g/mol.